The number of hydrogen-bond donors (Lipinski definition) is 1. The molecular formula is C11H21NO3. The minimum atomic E-state index is -0.498. The lowest BCUT2D eigenvalue weighted by atomic mass is 9.85. The SMILES string of the molecule is COCC(C)OC(=O)C1(C)CCCC1N. The average Bonchev–Trinajstić information content (AvgIpc) is 2.48. The highest BCUT2D eigenvalue weighted by molar-refractivity contribution is 5.78. The Morgan fingerprint density at radius 2 is 2.33 bits per heavy atom. The molecule has 4 nitrogen and oxygen atoms in total. The predicted molar refractivity (Wildman–Crippen MR) is 57.4 cm³/mol. The molecule has 2 N–H and O–H groups in total. The first-order valence-corrected chi connectivity index (χ1v) is 5.46. The van der Waals surface area contributed by atoms with Gasteiger partial charge in [-0.3, -0.25) is 4.79 Å². The van der Waals surface area contributed by atoms with Crippen molar-refractivity contribution in [3.63, 3.8) is 0 Å². The van der Waals surface area contributed by atoms with Gasteiger partial charge in [-0.25, -0.2) is 0 Å². The first-order valence-electron chi connectivity index (χ1n) is 5.46. The lowest BCUT2D eigenvalue weighted by molar-refractivity contribution is -0.162. The highest BCUT2D eigenvalue weighted by Gasteiger charge is 2.44. The summed E-state index contributed by atoms with van der Waals surface area (Å²) in [6.07, 6.45) is 2.54. The normalized spacial score (nSPS) is 32.7. The van der Waals surface area contributed by atoms with E-state index in [9.17, 15) is 4.79 Å². The van der Waals surface area contributed by atoms with Crippen LogP contribution in [0.3, 0.4) is 0 Å². The van der Waals surface area contributed by atoms with E-state index in [-0.39, 0.29) is 18.1 Å². The number of carbonyl (C=O) groups excluding carboxylic acids is 1. The van der Waals surface area contributed by atoms with Crippen molar-refractivity contribution < 1.29 is 14.3 Å². The lowest BCUT2D eigenvalue weighted by Crippen LogP contribution is -2.43. The van der Waals surface area contributed by atoms with E-state index in [0.717, 1.165) is 19.3 Å². The van der Waals surface area contributed by atoms with Crippen LogP contribution in [0.2, 0.25) is 0 Å². The van der Waals surface area contributed by atoms with Gasteiger partial charge in [-0.1, -0.05) is 6.42 Å². The summed E-state index contributed by atoms with van der Waals surface area (Å²) in [5, 5.41) is 0. The Kier molecular flexibility index (Phi) is 4.11. The topological polar surface area (TPSA) is 61.5 Å². The Bertz CT molecular complexity index is 232. The molecule has 1 aliphatic rings. The third-order valence-electron chi connectivity index (χ3n) is 3.21. The molecule has 0 bridgehead atoms. The molecule has 1 rings (SSSR count). The first-order chi connectivity index (χ1) is 7.00. The third kappa shape index (κ3) is 2.69. The molecule has 0 aromatic carbocycles. The van der Waals surface area contributed by atoms with Crippen molar-refractivity contribution in [3.05, 3.63) is 0 Å². The Balaban J connectivity index is 2.52. The van der Waals surface area contributed by atoms with Crippen LogP contribution in [0.25, 0.3) is 0 Å². The summed E-state index contributed by atoms with van der Waals surface area (Å²) >= 11 is 0. The molecule has 0 aliphatic heterocycles. The molecule has 0 spiro atoms. The van der Waals surface area contributed by atoms with Crippen molar-refractivity contribution >= 4 is 5.97 Å². The van der Waals surface area contributed by atoms with Crippen molar-refractivity contribution in [2.24, 2.45) is 11.1 Å². The smallest absolute Gasteiger partial charge is 0.313 e. The van der Waals surface area contributed by atoms with Crippen LogP contribution in [0, 0.1) is 5.41 Å². The highest BCUT2D eigenvalue weighted by atomic mass is 16.6. The number of ether oxygens (including phenoxy) is 2. The Hall–Kier alpha value is -0.610. The molecule has 0 amide bonds. The van der Waals surface area contributed by atoms with Crippen LogP contribution in [-0.4, -0.2) is 31.8 Å². The molecule has 0 saturated heterocycles. The predicted octanol–water partition coefficient (Wildman–Crippen LogP) is 1.08. The third-order valence-corrected chi connectivity index (χ3v) is 3.21. The highest BCUT2D eigenvalue weighted by Crippen LogP contribution is 2.37. The zero-order valence-electron chi connectivity index (χ0n) is 9.79. The number of methoxy groups -OCH3 is 1. The van der Waals surface area contributed by atoms with Gasteiger partial charge >= 0.3 is 5.97 Å². The Morgan fingerprint density at radius 3 is 2.80 bits per heavy atom. The lowest BCUT2D eigenvalue weighted by Gasteiger charge is -2.28. The second kappa shape index (κ2) is 4.94. The molecule has 0 heterocycles. The number of carbonyl (C=O) groups is 1. The number of esters is 1. The van der Waals surface area contributed by atoms with E-state index in [0.29, 0.717) is 6.61 Å². The molecular weight excluding hydrogens is 194 g/mol. The number of rotatable bonds is 4. The molecule has 0 aromatic heterocycles. The van der Waals surface area contributed by atoms with Crippen LogP contribution in [0.1, 0.15) is 33.1 Å². The summed E-state index contributed by atoms with van der Waals surface area (Å²) in [6.45, 7) is 4.15. The fourth-order valence-corrected chi connectivity index (χ4v) is 2.03. The van der Waals surface area contributed by atoms with E-state index in [1.165, 1.54) is 0 Å². The quantitative estimate of drug-likeness (QED) is 0.713. The summed E-state index contributed by atoms with van der Waals surface area (Å²) in [5.74, 6) is -0.183. The average molecular weight is 215 g/mol. The standard InChI is InChI=1S/C11H21NO3/c1-8(7-14-3)15-10(13)11(2)6-4-5-9(11)12/h8-9H,4-7,12H2,1-3H3. The van der Waals surface area contributed by atoms with Crippen LogP contribution in [0.5, 0.6) is 0 Å². The zero-order chi connectivity index (χ0) is 11.5. The van der Waals surface area contributed by atoms with E-state index < -0.39 is 5.41 Å². The monoisotopic (exact) mass is 215 g/mol. The fourth-order valence-electron chi connectivity index (χ4n) is 2.03. The van der Waals surface area contributed by atoms with Crippen molar-refractivity contribution in [2.45, 2.75) is 45.3 Å². The molecule has 1 saturated carbocycles. The van der Waals surface area contributed by atoms with Crippen molar-refractivity contribution in [3.8, 4) is 0 Å². The van der Waals surface area contributed by atoms with E-state index >= 15 is 0 Å². The van der Waals surface area contributed by atoms with Crippen LogP contribution < -0.4 is 5.73 Å². The second-order valence-electron chi connectivity index (χ2n) is 4.59. The van der Waals surface area contributed by atoms with Gasteiger partial charge in [0.15, 0.2) is 0 Å². The van der Waals surface area contributed by atoms with Crippen molar-refractivity contribution in [1.29, 1.82) is 0 Å². The maximum Gasteiger partial charge on any atom is 0.313 e. The minimum Gasteiger partial charge on any atom is -0.460 e. The van der Waals surface area contributed by atoms with Gasteiger partial charge in [0, 0.05) is 13.2 Å². The zero-order valence-corrected chi connectivity index (χ0v) is 9.79. The second-order valence-corrected chi connectivity index (χ2v) is 4.59. The minimum absolute atomic E-state index is 0.0697. The molecule has 4 heteroatoms. The van der Waals surface area contributed by atoms with Gasteiger partial charge in [0.25, 0.3) is 0 Å². The number of nitrogens with two attached hydrogens (primary N) is 1. The van der Waals surface area contributed by atoms with Gasteiger partial charge in [0.1, 0.15) is 6.10 Å². The maximum absolute atomic E-state index is 11.9. The van der Waals surface area contributed by atoms with Gasteiger partial charge in [-0.2, -0.15) is 0 Å². The summed E-state index contributed by atoms with van der Waals surface area (Å²) in [5.41, 5.74) is 5.43. The Morgan fingerprint density at radius 1 is 1.67 bits per heavy atom. The fraction of sp³-hybridized carbons (Fsp3) is 0.909. The van der Waals surface area contributed by atoms with Crippen LogP contribution in [0.15, 0.2) is 0 Å². The van der Waals surface area contributed by atoms with Crippen molar-refractivity contribution in [1.82, 2.24) is 0 Å². The molecule has 1 fully saturated rings. The van der Waals surface area contributed by atoms with E-state index in [1.54, 1.807) is 7.11 Å². The summed E-state index contributed by atoms with van der Waals surface area (Å²) in [6, 6.07) is -0.0697. The molecule has 0 radical (unpaired) electrons. The summed E-state index contributed by atoms with van der Waals surface area (Å²) in [7, 11) is 1.59. The van der Waals surface area contributed by atoms with E-state index in [4.69, 9.17) is 15.2 Å². The molecule has 15 heavy (non-hydrogen) atoms. The van der Waals surface area contributed by atoms with Gasteiger partial charge < -0.3 is 15.2 Å². The van der Waals surface area contributed by atoms with Crippen LogP contribution in [0.4, 0.5) is 0 Å². The maximum atomic E-state index is 11.9. The van der Waals surface area contributed by atoms with Gasteiger partial charge in [0.05, 0.1) is 12.0 Å². The molecule has 3 unspecified atom stereocenters. The van der Waals surface area contributed by atoms with Gasteiger partial charge in [-0.05, 0) is 26.7 Å². The number of hydrogen-bond acceptors (Lipinski definition) is 4. The Labute approximate surface area is 91.1 Å². The first kappa shape index (κ1) is 12.5. The molecule has 3 atom stereocenters. The van der Waals surface area contributed by atoms with E-state index in [2.05, 4.69) is 0 Å². The van der Waals surface area contributed by atoms with Crippen LogP contribution in [-0.2, 0) is 14.3 Å². The van der Waals surface area contributed by atoms with E-state index in [1.807, 2.05) is 13.8 Å². The van der Waals surface area contributed by atoms with Gasteiger partial charge in [-0.15, -0.1) is 0 Å². The summed E-state index contributed by atoms with van der Waals surface area (Å²) in [4.78, 5) is 11.9. The largest absolute Gasteiger partial charge is 0.460 e. The molecule has 0 aromatic rings. The van der Waals surface area contributed by atoms with Gasteiger partial charge in [0.2, 0.25) is 0 Å². The van der Waals surface area contributed by atoms with Crippen molar-refractivity contribution in [2.75, 3.05) is 13.7 Å². The molecule has 88 valence electrons. The molecule has 1 aliphatic carbocycles. The summed E-state index contributed by atoms with van der Waals surface area (Å²) < 4.78 is 10.2. The van der Waals surface area contributed by atoms with Crippen LogP contribution >= 0.6 is 0 Å².